The van der Waals surface area contributed by atoms with Crippen molar-refractivity contribution in [1.29, 1.82) is 5.26 Å². The van der Waals surface area contributed by atoms with Crippen molar-refractivity contribution in [2.24, 2.45) is 11.7 Å². The van der Waals surface area contributed by atoms with Crippen LogP contribution >= 0.6 is 0 Å². The molecular weight excluding hydrogens is 542 g/mol. The Morgan fingerprint density at radius 1 is 1.20 bits per heavy atom. The van der Waals surface area contributed by atoms with Gasteiger partial charge in [0, 0.05) is 29.9 Å². The molecule has 2 heterocycles. The molecule has 0 bridgehead atoms. The highest BCUT2D eigenvalue weighted by molar-refractivity contribution is 7.91. The highest BCUT2D eigenvalue weighted by atomic mass is 32.2. The number of nitrogens with zero attached hydrogens (tertiary/aromatic N) is 4. The average Bonchev–Trinajstić information content (AvgIpc) is 3.79. The van der Waals surface area contributed by atoms with Gasteiger partial charge in [-0.2, -0.15) is 10.2 Å². The number of aromatic hydroxyl groups is 1. The molecule has 0 radical (unpaired) electrons. The van der Waals surface area contributed by atoms with Gasteiger partial charge in [0.2, 0.25) is 21.6 Å². The minimum Gasteiger partial charge on any atom is -0.492 e. The van der Waals surface area contributed by atoms with E-state index in [4.69, 9.17) is 5.73 Å². The quantitative estimate of drug-likeness (QED) is 0.307. The Kier molecular flexibility index (Phi) is 7.43. The van der Waals surface area contributed by atoms with Gasteiger partial charge >= 0.3 is 0 Å². The fourth-order valence-corrected chi connectivity index (χ4v) is 6.33. The van der Waals surface area contributed by atoms with Crippen LogP contribution < -0.4 is 11.3 Å². The first-order valence-corrected chi connectivity index (χ1v) is 14.6. The predicted octanol–water partition coefficient (Wildman–Crippen LogP) is 3.77. The molecular formula is C30H27N5O5S. The summed E-state index contributed by atoms with van der Waals surface area (Å²) in [6.45, 7) is 1.86. The molecule has 11 heteroatoms. The zero-order chi connectivity index (χ0) is 29.3. The van der Waals surface area contributed by atoms with Crippen LogP contribution in [0.5, 0.6) is 5.88 Å². The van der Waals surface area contributed by atoms with Gasteiger partial charge in [0.1, 0.15) is 5.82 Å². The average molecular weight is 570 g/mol. The molecule has 1 atom stereocenters. The summed E-state index contributed by atoms with van der Waals surface area (Å²) in [7, 11) is -4.52. The first-order valence-electron chi connectivity index (χ1n) is 13.1. The lowest BCUT2D eigenvalue weighted by atomic mass is 10.0. The van der Waals surface area contributed by atoms with Gasteiger partial charge < -0.3 is 10.8 Å². The molecule has 1 amide bonds. The van der Waals surface area contributed by atoms with Gasteiger partial charge in [0.15, 0.2) is 4.90 Å². The van der Waals surface area contributed by atoms with Crippen LogP contribution in [0.2, 0.25) is 0 Å². The molecule has 10 nitrogen and oxygen atoms in total. The zero-order valence-corrected chi connectivity index (χ0v) is 23.0. The third-order valence-corrected chi connectivity index (χ3v) is 9.01. The van der Waals surface area contributed by atoms with Crippen LogP contribution in [0.4, 0.5) is 0 Å². The third-order valence-electron chi connectivity index (χ3n) is 7.23. The van der Waals surface area contributed by atoms with Crippen molar-refractivity contribution >= 4 is 15.7 Å². The van der Waals surface area contributed by atoms with Gasteiger partial charge in [-0.15, -0.1) is 0 Å². The molecule has 0 unspecified atom stereocenters. The van der Waals surface area contributed by atoms with Crippen molar-refractivity contribution in [3.8, 4) is 23.1 Å². The lowest BCUT2D eigenvalue weighted by molar-refractivity contribution is 0.100. The maximum atomic E-state index is 14.0. The lowest BCUT2D eigenvalue weighted by Gasteiger charge is -2.23. The fraction of sp³-hybridized carbons (Fsp3) is 0.233. The van der Waals surface area contributed by atoms with Crippen LogP contribution in [-0.2, 0) is 16.3 Å². The number of hydrogen-bond acceptors (Lipinski definition) is 8. The van der Waals surface area contributed by atoms with E-state index in [9.17, 15) is 28.4 Å². The molecule has 0 aliphatic heterocycles. The van der Waals surface area contributed by atoms with Gasteiger partial charge in [0.25, 0.3) is 5.56 Å². The summed E-state index contributed by atoms with van der Waals surface area (Å²) in [4.78, 5) is 33.1. The van der Waals surface area contributed by atoms with Crippen molar-refractivity contribution in [3.63, 3.8) is 0 Å². The van der Waals surface area contributed by atoms with Gasteiger partial charge in [-0.05, 0) is 66.6 Å². The summed E-state index contributed by atoms with van der Waals surface area (Å²) in [6, 6.07) is 15.3. The van der Waals surface area contributed by atoms with Crippen LogP contribution in [-0.4, -0.2) is 34.0 Å². The van der Waals surface area contributed by atoms with Crippen LogP contribution in [0.3, 0.4) is 0 Å². The molecule has 4 aromatic rings. The minimum atomic E-state index is -4.52. The van der Waals surface area contributed by atoms with E-state index in [1.165, 1.54) is 47.3 Å². The minimum absolute atomic E-state index is 0.220. The second-order valence-corrected chi connectivity index (χ2v) is 11.9. The number of amides is 1. The van der Waals surface area contributed by atoms with Gasteiger partial charge in [0.05, 0.1) is 22.6 Å². The molecule has 41 heavy (non-hydrogen) atoms. The van der Waals surface area contributed by atoms with E-state index < -0.39 is 38.1 Å². The van der Waals surface area contributed by atoms with E-state index >= 15 is 0 Å². The smallest absolute Gasteiger partial charge is 0.277 e. The SMILES string of the molecule is CC[C@@H](c1cccc(C#N)c1)n1c(CC2CC2)nc(O)c(S(=O)(=O)c2ccc(-c3cnccc3C(N)=O)cc2)c1=O. The van der Waals surface area contributed by atoms with Crippen LogP contribution in [0.1, 0.15) is 59.5 Å². The Morgan fingerprint density at radius 3 is 2.56 bits per heavy atom. The largest absolute Gasteiger partial charge is 0.492 e. The molecule has 2 aromatic heterocycles. The van der Waals surface area contributed by atoms with Crippen molar-refractivity contribution in [2.75, 3.05) is 0 Å². The lowest BCUT2D eigenvalue weighted by Crippen LogP contribution is -2.33. The van der Waals surface area contributed by atoms with E-state index in [-0.39, 0.29) is 10.5 Å². The molecule has 1 fully saturated rings. The number of aromatic nitrogens is 3. The van der Waals surface area contributed by atoms with E-state index in [2.05, 4.69) is 16.0 Å². The maximum absolute atomic E-state index is 14.0. The number of rotatable bonds is 9. The van der Waals surface area contributed by atoms with Crippen LogP contribution in [0.25, 0.3) is 11.1 Å². The first kappa shape index (κ1) is 27.7. The van der Waals surface area contributed by atoms with Gasteiger partial charge in [-0.3, -0.25) is 19.1 Å². The number of nitriles is 1. The second kappa shape index (κ2) is 11.0. The first-order chi connectivity index (χ1) is 19.6. The number of sulfone groups is 1. The number of hydrogen-bond donors (Lipinski definition) is 2. The van der Waals surface area contributed by atoms with Crippen molar-refractivity contribution in [1.82, 2.24) is 14.5 Å². The van der Waals surface area contributed by atoms with Gasteiger partial charge in [-0.1, -0.05) is 31.2 Å². The molecule has 1 saturated carbocycles. The highest BCUT2D eigenvalue weighted by Gasteiger charge is 2.33. The van der Waals surface area contributed by atoms with E-state index in [0.29, 0.717) is 46.8 Å². The predicted molar refractivity (Wildman–Crippen MR) is 150 cm³/mol. The fourth-order valence-electron chi connectivity index (χ4n) is 4.98. The van der Waals surface area contributed by atoms with Crippen molar-refractivity contribution < 1.29 is 18.3 Å². The topological polar surface area (TPSA) is 169 Å². The summed E-state index contributed by atoms with van der Waals surface area (Å²) < 4.78 is 29.0. The van der Waals surface area contributed by atoms with E-state index in [0.717, 1.165) is 12.8 Å². The van der Waals surface area contributed by atoms with Crippen LogP contribution in [0, 0.1) is 17.2 Å². The molecule has 2 aromatic carbocycles. The Morgan fingerprint density at radius 2 is 1.93 bits per heavy atom. The summed E-state index contributed by atoms with van der Waals surface area (Å²) in [5.41, 5.74) is 6.79. The second-order valence-electron chi connectivity index (χ2n) is 9.98. The number of carbonyl (C=O) groups excluding carboxylic acids is 1. The van der Waals surface area contributed by atoms with Gasteiger partial charge in [-0.25, -0.2) is 8.42 Å². The molecule has 0 saturated heterocycles. The highest BCUT2D eigenvalue weighted by Crippen LogP contribution is 2.35. The van der Waals surface area contributed by atoms with Crippen molar-refractivity contribution in [2.45, 2.75) is 48.4 Å². The van der Waals surface area contributed by atoms with E-state index in [1.54, 1.807) is 24.3 Å². The summed E-state index contributed by atoms with van der Waals surface area (Å²) >= 11 is 0. The summed E-state index contributed by atoms with van der Waals surface area (Å²) in [5.74, 6) is -0.917. The number of carbonyl (C=O) groups is 1. The number of primary amides is 1. The Bertz CT molecular complexity index is 1860. The standard InChI is InChI=1S/C30H27N5O5S/c1-2-25(21-5-3-4-19(14-21)16-31)35-26(15-18-6-7-18)34-29(37)27(30(35)38)41(39,40)22-10-8-20(9-11-22)24-17-33-13-12-23(24)28(32)36/h3-5,8-14,17-18,25,37H,2,6-7,15H2,1H3,(H2,32,36)/t25-/m0/s1. The zero-order valence-electron chi connectivity index (χ0n) is 22.2. The van der Waals surface area contributed by atoms with Crippen molar-refractivity contribution in [3.05, 3.63) is 99.9 Å². The Balaban J connectivity index is 1.64. The molecule has 5 rings (SSSR count). The van der Waals surface area contributed by atoms with Crippen LogP contribution in [0.15, 0.2) is 81.6 Å². The number of nitrogens with two attached hydrogens (primary N) is 1. The number of pyridine rings is 1. The molecule has 208 valence electrons. The van der Waals surface area contributed by atoms with E-state index in [1.807, 2.05) is 6.92 Å². The Hall–Kier alpha value is -4.82. The Labute approximate surface area is 236 Å². The molecule has 3 N–H and O–H groups in total. The maximum Gasteiger partial charge on any atom is 0.277 e. The third kappa shape index (κ3) is 5.34. The normalized spacial score (nSPS) is 13.9. The molecule has 1 aliphatic carbocycles. The monoisotopic (exact) mass is 569 g/mol. The molecule has 0 spiro atoms. The summed E-state index contributed by atoms with van der Waals surface area (Å²) in [6.07, 6.45) is 5.62. The molecule has 1 aliphatic rings. The summed E-state index contributed by atoms with van der Waals surface area (Å²) in [5, 5.41) is 20.3. The number of benzene rings is 2.